The first-order chi connectivity index (χ1) is 15.0. The number of aromatic nitrogens is 2. The Kier molecular flexibility index (Phi) is 6.56. The Balaban J connectivity index is 1.42. The Bertz CT molecular complexity index is 1000. The molecule has 8 nitrogen and oxygen atoms in total. The number of piperidine rings is 1. The van der Waals surface area contributed by atoms with Crippen LogP contribution in [-0.2, 0) is 0 Å². The molecule has 1 aliphatic carbocycles. The van der Waals surface area contributed by atoms with Crippen LogP contribution in [0.5, 0.6) is 0 Å². The van der Waals surface area contributed by atoms with Gasteiger partial charge < -0.3 is 20.5 Å². The molecule has 8 heteroatoms. The Morgan fingerprint density at radius 3 is 2.29 bits per heavy atom. The van der Waals surface area contributed by atoms with Crippen LogP contribution < -0.4 is 21.9 Å². The lowest BCUT2D eigenvalue weighted by atomic mass is 9.82. The van der Waals surface area contributed by atoms with Gasteiger partial charge in [0, 0.05) is 12.1 Å². The number of rotatable bonds is 5. The van der Waals surface area contributed by atoms with Gasteiger partial charge in [0.05, 0.1) is 0 Å². The number of anilines is 1. The second-order valence-electron chi connectivity index (χ2n) is 8.81. The number of hydrogen-bond donors (Lipinski definition) is 4. The fraction of sp³-hybridized carbons (Fsp3) is 0.522. The van der Waals surface area contributed by atoms with Crippen molar-refractivity contribution in [1.29, 1.82) is 0 Å². The van der Waals surface area contributed by atoms with E-state index in [-0.39, 0.29) is 23.5 Å². The third-order valence-electron chi connectivity index (χ3n) is 6.57. The van der Waals surface area contributed by atoms with Crippen LogP contribution in [0.25, 0.3) is 0 Å². The van der Waals surface area contributed by atoms with Crippen molar-refractivity contribution < 1.29 is 4.79 Å². The minimum Gasteiger partial charge on any atom is -0.376 e. The molecule has 0 atom stereocenters. The molecule has 2 fully saturated rings. The van der Waals surface area contributed by atoms with Gasteiger partial charge in [-0.05, 0) is 70.1 Å². The Morgan fingerprint density at radius 2 is 1.61 bits per heavy atom. The van der Waals surface area contributed by atoms with Gasteiger partial charge in [0.2, 0.25) is 0 Å². The van der Waals surface area contributed by atoms with Crippen LogP contribution in [-0.4, -0.2) is 53.0 Å². The topological polar surface area (TPSA) is 110 Å². The summed E-state index contributed by atoms with van der Waals surface area (Å²) < 4.78 is 0. The van der Waals surface area contributed by atoms with E-state index in [1.165, 1.54) is 5.56 Å². The summed E-state index contributed by atoms with van der Waals surface area (Å²) in [6.45, 7) is 1.84. The number of hydrogen-bond acceptors (Lipinski definition) is 5. The van der Waals surface area contributed by atoms with Gasteiger partial charge in [-0.1, -0.05) is 30.3 Å². The molecule has 0 spiro atoms. The number of carbonyl (C=O) groups is 1. The number of aromatic amines is 2. The number of H-pyrrole nitrogens is 2. The van der Waals surface area contributed by atoms with Crippen LogP contribution in [0.15, 0.2) is 39.9 Å². The summed E-state index contributed by atoms with van der Waals surface area (Å²) in [5, 5.41) is 6.25. The SMILES string of the molecule is CN1CCC(Nc2c(C(=O)NC3CCC(c4ccccc4)CC3)[nH]c(=O)[nH]c2=O)CC1. The summed E-state index contributed by atoms with van der Waals surface area (Å²) in [4.78, 5) is 44.4. The lowest BCUT2D eigenvalue weighted by molar-refractivity contribution is 0.0921. The van der Waals surface area contributed by atoms with E-state index in [1.807, 2.05) is 6.07 Å². The Hall–Kier alpha value is -2.87. The molecule has 2 heterocycles. The zero-order valence-corrected chi connectivity index (χ0v) is 17.9. The second-order valence-corrected chi connectivity index (χ2v) is 8.81. The number of likely N-dealkylation sites (tertiary alicyclic amines) is 1. The van der Waals surface area contributed by atoms with Gasteiger partial charge >= 0.3 is 5.69 Å². The largest absolute Gasteiger partial charge is 0.376 e. The van der Waals surface area contributed by atoms with Crippen LogP contribution in [0.1, 0.15) is 60.5 Å². The van der Waals surface area contributed by atoms with Crippen molar-refractivity contribution >= 4 is 11.6 Å². The molecule has 0 unspecified atom stereocenters. The quantitative estimate of drug-likeness (QED) is 0.586. The average molecular weight is 426 g/mol. The van der Waals surface area contributed by atoms with Gasteiger partial charge in [-0.25, -0.2) is 4.79 Å². The minimum absolute atomic E-state index is 0.0258. The van der Waals surface area contributed by atoms with Crippen molar-refractivity contribution in [2.24, 2.45) is 0 Å². The molecule has 0 bridgehead atoms. The van der Waals surface area contributed by atoms with E-state index in [1.54, 1.807) is 0 Å². The van der Waals surface area contributed by atoms with Gasteiger partial charge in [0.15, 0.2) is 0 Å². The summed E-state index contributed by atoms with van der Waals surface area (Å²) >= 11 is 0. The molecule has 1 saturated carbocycles. The summed E-state index contributed by atoms with van der Waals surface area (Å²) in [7, 11) is 2.06. The molecule has 1 aliphatic heterocycles. The lowest BCUT2D eigenvalue weighted by Crippen LogP contribution is -2.42. The maximum Gasteiger partial charge on any atom is 0.326 e. The highest BCUT2D eigenvalue weighted by Crippen LogP contribution is 2.32. The van der Waals surface area contributed by atoms with Crippen molar-refractivity contribution in [3.8, 4) is 0 Å². The number of benzene rings is 1. The summed E-state index contributed by atoms with van der Waals surface area (Å²) in [5.41, 5.74) is 0.302. The highest BCUT2D eigenvalue weighted by Gasteiger charge is 2.27. The third-order valence-corrected chi connectivity index (χ3v) is 6.57. The molecule has 31 heavy (non-hydrogen) atoms. The molecule has 2 aliphatic rings. The van der Waals surface area contributed by atoms with Crippen LogP contribution in [0.4, 0.5) is 5.69 Å². The van der Waals surface area contributed by atoms with E-state index in [0.29, 0.717) is 5.92 Å². The van der Waals surface area contributed by atoms with Crippen molar-refractivity contribution in [1.82, 2.24) is 20.2 Å². The maximum atomic E-state index is 13.0. The predicted octanol–water partition coefficient (Wildman–Crippen LogP) is 2.03. The van der Waals surface area contributed by atoms with Crippen molar-refractivity contribution in [3.05, 3.63) is 62.4 Å². The Labute approximate surface area is 181 Å². The third kappa shape index (κ3) is 5.25. The normalized spacial score (nSPS) is 22.7. The van der Waals surface area contributed by atoms with Crippen molar-refractivity contribution in [2.75, 3.05) is 25.5 Å². The monoisotopic (exact) mass is 425 g/mol. The second kappa shape index (κ2) is 9.51. The van der Waals surface area contributed by atoms with E-state index in [2.05, 4.69) is 56.8 Å². The van der Waals surface area contributed by atoms with Crippen LogP contribution in [0, 0.1) is 0 Å². The smallest absolute Gasteiger partial charge is 0.326 e. The van der Waals surface area contributed by atoms with Crippen LogP contribution >= 0.6 is 0 Å². The molecule has 1 saturated heterocycles. The predicted molar refractivity (Wildman–Crippen MR) is 121 cm³/mol. The molecule has 0 radical (unpaired) electrons. The number of carbonyl (C=O) groups excluding carboxylic acids is 1. The molecule has 4 rings (SSSR count). The average Bonchev–Trinajstić information content (AvgIpc) is 2.78. The summed E-state index contributed by atoms with van der Waals surface area (Å²) in [6, 6.07) is 10.6. The van der Waals surface area contributed by atoms with Crippen molar-refractivity contribution in [2.45, 2.75) is 56.5 Å². The van der Waals surface area contributed by atoms with Crippen molar-refractivity contribution in [3.63, 3.8) is 0 Å². The van der Waals surface area contributed by atoms with E-state index < -0.39 is 17.2 Å². The molecule has 166 valence electrons. The fourth-order valence-electron chi connectivity index (χ4n) is 4.71. The molecule has 2 aromatic rings. The molecular weight excluding hydrogens is 394 g/mol. The van der Waals surface area contributed by atoms with Gasteiger partial charge in [-0.2, -0.15) is 0 Å². The summed E-state index contributed by atoms with van der Waals surface area (Å²) in [6.07, 6.45) is 5.50. The van der Waals surface area contributed by atoms with E-state index >= 15 is 0 Å². The Morgan fingerprint density at radius 1 is 0.935 bits per heavy atom. The summed E-state index contributed by atoms with van der Waals surface area (Å²) in [5.74, 6) is 0.108. The maximum absolute atomic E-state index is 13.0. The van der Waals surface area contributed by atoms with Gasteiger partial charge in [0.25, 0.3) is 11.5 Å². The van der Waals surface area contributed by atoms with Gasteiger partial charge in [-0.15, -0.1) is 0 Å². The number of amides is 1. The van der Waals surface area contributed by atoms with Gasteiger partial charge in [0.1, 0.15) is 11.4 Å². The van der Waals surface area contributed by atoms with Gasteiger partial charge in [-0.3, -0.25) is 14.6 Å². The first-order valence-corrected chi connectivity index (χ1v) is 11.2. The molecular formula is C23H31N5O3. The van der Waals surface area contributed by atoms with Crippen LogP contribution in [0.3, 0.4) is 0 Å². The molecule has 1 amide bonds. The lowest BCUT2D eigenvalue weighted by Gasteiger charge is -2.31. The zero-order valence-electron chi connectivity index (χ0n) is 17.9. The minimum atomic E-state index is -0.670. The standard InChI is InChI=1S/C23H31N5O3/c1-28-13-11-18(12-14-28)24-19-20(26-23(31)27-22(19)30)21(29)25-17-9-7-16(8-10-17)15-5-3-2-4-6-15/h2-6,16-18,24H,7-14H2,1H3,(H,25,29)(H2,26,27,30,31). The highest BCUT2D eigenvalue weighted by molar-refractivity contribution is 5.97. The van der Waals surface area contributed by atoms with E-state index in [0.717, 1.165) is 51.6 Å². The molecule has 1 aromatic heterocycles. The van der Waals surface area contributed by atoms with E-state index in [9.17, 15) is 14.4 Å². The highest BCUT2D eigenvalue weighted by atomic mass is 16.2. The van der Waals surface area contributed by atoms with E-state index in [4.69, 9.17) is 0 Å². The molecule has 1 aromatic carbocycles. The fourth-order valence-corrected chi connectivity index (χ4v) is 4.71. The van der Waals surface area contributed by atoms with Crippen LogP contribution in [0.2, 0.25) is 0 Å². The first kappa shape index (κ1) is 21.4. The molecule has 4 N–H and O–H groups in total. The number of nitrogens with one attached hydrogen (secondary N) is 4. The number of nitrogens with zero attached hydrogens (tertiary/aromatic N) is 1. The zero-order chi connectivity index (χ0) is 21.8. The first-order valence-electron chi connectivity index (χ1n) is 11.2.